The first-order valence-electron chi connectivity index (χ1n) is 8.31. The van der Waals surface area contributed by atoms with Crippen molar-refractivity contribution in [1.82, 2.24) is 4.90 Å². The SMILES string of the molecule is O=C(O)c1ccc(C(=O)N2CCCC2C2CCCCC2)cc1. The largest absolute Gasteiger partial charge is 0.478 e. The lowest BCUT2D eigenvalue weighted by Crippen LogP contribution is -2.40. The fourth-order valence-electron chi connectivity index (χ4n) is 3.97. The van der Waals surface area contributed by atoms with Crippen molar-refractivity contribution < 1.29 is 14.7 Å². The van der Waals surface area contributed by atoms with Crippen LogP contribution in [0.1, 0.15) is 65.7 Å². The number of carboxylic acids is 1. The van der Waals surface area contributed by atoms with E-state index < -0.39 is 5.97 Å². The lowest BCUT2D eigenvalue weighted by atomic mass is 9.83. The van der Waals surface area contributed by atoms with Gasteiger partial charge in [-0.05, 0) is 55.9 Å². The topological polar surface area (TPSA) is 57.6 Å². The molecule has 1 saturated heterocycles. The summed E-state index contributed by atoms with van der Waals surface area (Å²) in [6, 6.07) is 6.69. The molecule has 1 aliphatic heterocycles. The summed E-state index contributed by atoms with van der Waals surface area (Å²) in [5.41, 5.74) is 0.828. The second-order valence-corrected chi connectivity index (χ2v) is 6.49. The van der Waals surface area contributed by atoms with Crippen molar-refractivity contribution in [2.75, 3.05) is 6.54 Å². The molecule has 0 bridgehead atoms. The van der Waals surface area contributed by atoms with Crippen LogP contribution in [0.25, 0.3) is 0 Å². The smallest absolute Gasteiger partial charge is 0.335 e. The van der Waals surface area contributed by atoms with Crippen LogP contribution in [0.2, 0.25) is 0 Å². The molecule has 1 unspecified atom stereocenters. The van der Waals surface area contributed by atoms with E-state index in [2.05, 4.69) is 0 Å². The predicted molar refractivity (Wildman–Crippen MR) is 84.0 cm³/mol. The Morgan fingerprint density at radius 3 is 2.18 bits per heavy atom. The fourth-order valence-corrected chi connectivity index (χ4v) is 3.97. The van der Waals surface area contributed by atoms with Crippen LogP contribution < -0.4 is 0 Å². The van der Waals surface area contributed by atoms with Crippen LogP contribution in [0.4, 0.5) is 0 Å². The second-order valence-electron chi connectivity index (χ2n) is 6.49. The van der Waals surface area contributed by atoms with E-state index in [4.69, 9.17) is 5.11 Å². The molecule has 0 radical (unpaired) electrons. The summed E-state index contributed by atoms with van der Waals surface area (Å²) in [5, 5.41) is 8.94. The quantitative estimate of drug-likeness (QED) is 0.928. The van der Waals surface area contributed by atoms with Gasteiger partial charge in [0.2, 0.25) is 0 Å². The Hall–Kier alpha value is -1.84. The van der Waals surface area contributed by atoms with Crippen molar-refractivity contribution in [3.05, 3.63) is 35.4 Å². The molecule has 0 aromatic heterocycles. The van der Waals surface area contributed by atoms with Gasteiger partial charge in [-0.15, -0.1) is 0 Å². The summed E-state index contributed by atoms with van der Waals surface area (Å²) in [6.07, 6.45) is 8.59. The van der Waals surface area contributed by atoms with Gasteiger partial charge in [-0.25, -0.2) is 4.79 Å². The number of benzene rings is 1. The Morgan fingerprint density at radius 2 is 1.55 bits per heavy atom. The van der Waals surface area contributed by atoms with Crippen molar-refractivity contribution in [3.63, 3.8) is 0 Å². The van der Waals surface area contributed by atoms with Crippen molar-refractivity contribution in [1.29, 1.82) is 0 Å². The maximum atomic E-state index is 12.8. The van der Waals surface area contributed by atoms with Crippen LogP contribution in [0, 0.1) is 5.92 Å². The third-order valence-corrected chi connectivity index (χ3v) is 5.13. The van der Waals surface area contributed by atoms with Gasteiger partial charge < -0.3 is 10.0 Å². The minimum atomic E-state index is -0.958. The van der Waals surface area contributed by atoms with Crippen molar-refractivity contribution in [2.45, 2.75) is 51.0 Å². The van der Waals surface area contributed by atoms with Gasteiger partial charge in [0.25, 0.3) is 5.91 Å². The molecular weight excluding hydrogens is 278 g/mol. The first-order chi connectivity index (χ1) is 10.7. The number of aromatic carboxylic acids is 1. The van der Waals surface area contributed by atoms with Gasteiger partial charge >= 0.3 is 5.97 Å². The Labute approximate surface area is 131 Å². The van der Waals surface area contributed by atoms with Gasteiger partial charge in [-0.3, -0.25) is 4.79 Å². The van der Waals surface area contributed by atoms with Crippen LogP contribution >= 0.6 is 0 Å². The Morgan fingerprint density at radius 1 is 0.909 bits per heavy atom. The van der Waals surface area contributed by atoms with Crippen LogP contribution in [-0.2, 0) is 0 Å². The molecule has 1 saturated carbocycles. The first-order valence-corrected chi connectivity index (χ1v) is 8.31. The van der Waals surface area contributed by atoms with E-state index >= 15 is 0 Å². The summed E-state index contributed by atoms with van der Waals surface area (Å²) in [4.78, 5) is 25.7. The fraction of sp³-hybridized carbons (Fsp3) is 0.556. The summed E-state index contributed by atoms with van der Waals surface area (Å²) in [6.45, 7) is 0.834. The lowest BCUT2D eigenvalue weighted by molar-refractivity contribution is 0.0657. The number of carbonyl (C=O) groups excluding carboxylic acids is 1. The summed E-state index contributed by atoms with van der Waals surface area (Å²) in [5.74, 6) is -0.247. The van der Waals surface area contributed by atoms with Gasteiger partial charge in [0.15, 0.2) is 0 Å². The van der Waals surface area contributed by atoms with E-state index in [1.54, 1.807) is 12.1 Å². The molecule has 1 atom stereocenters. The third kappa shape index (κ3) is 3.01. The highest BCUT2D eigenvalue weighted by atomic mass is 16.4. The highest BCUT2D eigenvalue weighted by Crippen LogP contribution is 2.34. The van der Waals surface area contributed by atoms with Gasteiger partial charge in [-0.1, -0.05) is 19.3 Å². The molecule has 1 amide bonds. The highest BCUT2D eigenvalue weighted by molar-refractivity contribution is 5.96. The van der Waals surface area contributed by atoms with E-state index in [1.165, 1.54) is 44.2 Å². The number of nitrogens with zero attached hydrogens (tertiary/aromatic N) is 1. The predicted octanol–water partition coefficient (Wildman–Crippen LogP) is 3.57. The van der Waals surface area contributed by atoms with Crippen LogP contribution in [-0.4, -0.2) is 34.5 Å². The van der Waals surface area contributed by atoms with E-state index in [0.29, 0.717) is 17.5 Å². The minimum absolute atomic E-state index is 0.0602. The number of rotatable bonds is 3. The Kier molecular flexibility index (Phi) is 4.46. The number of amides is 1. The monoisotopic (exact) mass is 301 g/mol. The zero-order valence-corrected chi connectivity index (χ0v) is 12.8. The number of carbonyl (C=O) groups is 2. The van der Waals surface area contributed by atoms with E-state index in [-0.39, 0.29) is 11.5 Å². The van der Waals surface area contributed by atoms with Crippen molar-refractivity contribution in [3.8, 4) is 0 Å². The molecule has 1 aliphatic carbocycles. The standard InChI is InChI=1S/C18H23NO3/c20-17(14-8-10-15(11-9-14)18(21)22)19-12-4-7-16(19)13-5-2-1-3-6-13/h8-11,13,16H,1-7,12H2,(H,21,22). The number of likely N-dealkylation sites (tertiary alicyclic amines) is 1. The summed E-state index contributed by atoms with van der Waals surface area (Å²) >= 11 is 0. The molecule has 4 nitrogen and oxygen atoms in total. The number of hydrogen-bond acceptors (Lipinski definition) is 2. The normalized spacial score (nSPS) is 22.7. The molecule has 0 spiro atoms. The average Bonchev–Trinajstić information content (AvgIpc) is 3.04. The van der Waals surface area contributed by atoms with Gasteiger partial charge in [0, 0.05) is 18.2 Å². The molecule has 4 heteroatoms. The molecule has 118 valence electrons. The van der Waals surface area contributed by atoms with E-state index in [0.717, 1.165) is 19.4 Å². The van der Waals surface area contributed by atoms with Crippen LogP contribution in [0.15, 0.2) is 24.3 Å². The van der Waals surface area contributed by atoms with E-state index in [9.17, 15) is 9.59 Å². The number of carboxylic acid groups (broad SMARTS) is 1. The number of hydrogen-bond donors (Lipinski definition) is 1. The molecule has 1 N–H and O–H groups in total. The van der Waals surface area contributed by atoms with Gasteiger partial charge in [0.05, 0.1) is 5.56 Å². The third-order valence-electron chi connectivity index (χ3n) is 5.13. The van der Waals surface area contributed by atoms with Crippen molar-refractivity contribution >= 4 is 11.9 Å². The molecular formula is C18H23NO3. The highest BCUT2D eigenvalue weighted by Gasteiger charge is 2.35. The zero-order valence-electron chi connectivity index (χ0n) is 12.8. The molecule has 1 aromatic carbocycles. The zero-order chi connectivity index (χ0) is 15.5. The molecule has 2 aliphatic rings. The lowest BCUT2D eigenvalue weighted by Gasteiger charge is -2.34. The first kappa shape index (κ1) is 15.1. The minimum Gasteiger partial charge on any atom is -0.478 e. The Balaban J connectivity index is 1.73. The van der Waals surface area contributed by atoms with Crippen LogP contribution in [0.3, 0.4) is 0 Å². The maximum Gasteiger partial charge on any atom is 0.335 e. The molecule has 1 heterocycles. The van der Waals surface area contributed by atoms with Crippen LogP contribution in [0.5, 0.6) is 0 Å². The van der Waals surface area contributed by atoms with Gasteiger partial charge in [0.1, 0.15) is 0 Å². The Bertz CT molecular complexity index is 546. The molecule has 22 heavy (non-hydrogen) atoms. The molecule has 1 aromatic rings. The summed E-state index contributed by atoms with van der Waals surface area (Å²) in [7, 11) is 0. The summed E-state index contributed by atoms with van der Waals surface area (Å²) < 4.78 is 0. The van der Waals surface area contributed by atoms with E-state index in [1.807, 2.05) is 4.90 Å². The molecule has 2 fully saturated rings. The second kappa shape index (κ2) is 6.51. The van der Waals surface area contributed by atoms with Gasteiger partial charge in [-0.2, -0.15) is 0 Å². The average molecular weight is 301 g/mol. The van der Waals surface area contributed by atoms with Crippen molar-refractivity contribution in [2.24, 2.45) is 5.92 Å². The molecule has 3 rings (SSSR count). The maximum absolute atomic E-state index is 12.8.